The number of Topliss-reactive ketones (excluding diaryl/α,β-unsaturated/α-hetero) is 1. The van der Waals surface area contributed by atoms with Crippen LogP contribution in [-0.4, -0.2) is 18.2 Å². The minimum Gasteiger partial charge on any atom is -0.302 e. The van der Waals surface area contributed by atoms with Gasteiger partial charge in [-0.2, -0.15) is 0 Å². The summed E-state index contributed by atoms with van der Waals surface area (Å²) in [6, 6.07) is 1.07. The standard InChI is InChI=1S/C10H6F3NO2/c11-5-3-6(12)9(13)7(4-5)14-2-1-8(15)10(14)16/h3-4H,1-2H2. The normalized spacial score (nSPS) is 16.1. The molecule has 1 aromatic carbocycles. The van der Waals surface area contributed by atoms with E-state index in [0.29, 0.717) is 12.1 Å². The first kappa shape index (κ1) is 10.7. The summed E-state index contributed by atoms with van der Waals surface area (Å²) < 4.78 is 39.0. The lowest BCUT2D eigenvalue weighted by molar-refractivity contribution is -0.133. The number of hydrogen-bond donors (Lipinski definition) is 0. The minimum absolute atomic E-state index is 0.0581. The van der Waals surface area contributed by atoms with E-state index < -0.39 is 34.8 Å². The number of anilines is 1. The summed E-state index contributed by atoms with van der Waals surface area (Å²) >= 11 is 0. The number of hydrogen-bond acceptors (Lipinski definition) is 2. The van der Waals surface area contributed by atoms with Crippen molar-refractivity contribution in [3.05, 3.63) is 29.6 Å². The quantitative estimate of drug-likeness (QED) is 0.539. The van der Waals surface area contributed by atoms with Crippen molar-refractivity contribution in [3.8, 4) is 0 Å². The van der Waals surface area contributed by atoms with E-state index in [1.165, 1.54) is 0 Å². The molecule has 1 saturated heterocycles. The Kier molecular flexibility index (Phi) is 2.41. The van der Waals surface area contributed by atoms with Gasteiger partial charge in [-0.3, -0.25) is 9.59 Å². The Bertz CT molecular complexity index is 487. The summed E-state index contributed by atoms with van der Waals surface area (Å²) in [6.07, 6.45) is -0.0730. The third-order valence-corrected chi connectivity index (χ3v) is 2.31. The average Bonchev–Trinajstić information content (AvgIpc) is 2.54. The summed E-state index contributed by atoms with van der Waals surface area (Å²) in [5.41, 5.74) is -0.534. The second kappa shape index (κ2) is 3.62. The van der Waals surface area contributed by atoms with E-state index in [2.05, 4.69) is 0 Å². The highest BCUT2D eigenvalue weighted by Crippen LogP contribution is 2.26. The third-order valence-electron chi connectivity index (χ3n) is 2.31. The number of carbonyl (C=O) groups is 2. The molecule has 6 heteroatoms. The van der Waals surface area contributed by atoms with E-state index in [1.54, 1.807) is 0 Å². The van der Waals surface area contributed by atoms with Crippen LogP contribution in [0.1, 0.15) is 6.42 Å². The van der Waals surface area contributed by atoms with Crippen molar-refractivity contribution in [2.75, 3.05) is 11.4 Å². The van der Waals surface area contributed by atoms with Crippen molar-refractivity contribution < 1.29 is 22.8 Å². The molecule has 2 rings (SSSR count). The fourth-order valence-electron chi connectivity index (χ4n) is 1.54. The predicted octanol–water partition coefficient (Wildman–Crippen LogP) is 1.41. The van der Waals surface area contributed by atoms with Crippen molar-refractivity contribution in [1.82, 2.24) is 0 Å². The molecule has 1 aromatic rings. The molecule has 1 aliphatic heterocycles. The highest BCUT2D eigenvalue weighted by atomic mass is 19.2. The Morgan fingerprint density at radius 1 is 1.12 bits per heavy atom. The van der Waals surface area contributed by atoms with Gasteiger partial charge >= 0.3 is 0 Å². The zero-order chi connectivity index (χ0) is 11.9. The Morgan fingerprint density at radius 3 is 2.38 bits per heavy atom. The SMILES string of the molecule is O=C1CCN(c2cc(F)cc(F)c2F)C1=O. The summed E-state index contributed by atoms with van der Waals surface area (Å²) in [5.74, 6) is -5.35. The maximum atomic E-state index is 13.3. The molecular weight excluding hydrogens is 223 g/mol. The van der Waals surface area contributed by atoms with Gasteiger partial charge in [0.05, 0.1) is 5.69 Å². The first-order valence-corrected chi connectivity index (χ1v) is 4.50. The van der Waals surface area contributed by atoms with Crippen molar-refractivity contribution in [3.63, 3.8) is 0 Å². The fourth-order valence-corrected chi connectivity index (χ4v) is 1.54. The van der Waals surface area contributed by atoms with Gasteiger partial charge in [-0.05, 0) is 0 Å². The van der Waals surface area contributed by atoms with Gasteiger partial charge in [0, 0.05) is 25.1 Å². The van der Waals surface area contributed by atoms with Crippen LogP contribution in [0.3, 0.4) is 0 Å². The summed E-state index contributed by atoms with van der Waals surface area (Å²) in [5, 5.41) is 0. The van der Waals surface area contributed by atoms with Gasteiger partial charge < -0.3 is 4.90 Å². The molecule has 0 aliphatic carbocycles. The van der Waals surface area contributed by atoms with Crippen LogP contribution in [0.2, 0.25) is 0 Å². The van der Waals surface area contributed by atoms with E-state index in [4.69, 9.17) is 0 Å². The van der Waals surface area contributed by atoms with Crippen LogP contribution < -0.4 is 4.90 Å². The maximum Gasteiger partial charge on any atom is 0.294 e. The van der Waals surface area contributed by atoms with Crippen LogP contribution in [0.5, 0.6) is 0 Å². The first-order chi connectivity index (χ1) is 7.50. The molecule has 0 saturated carbocycles. The van der Waals surface area contributed by atoms with Crippen molar-refractivity contribution in [2.24, 2.45) is 0 Å². The van der Waals surface area contributed by atoms with Gasteiger partial charge in [-0.15, -0.1) is 0 Å². The van der Waals surface area contributed by atoms with E-state index >= 15 is 0 Å². The van der Waals surface area contributed by atoms with Gasteiger partial charge in [0.2, 0.25) is 5.78 Å². The smallest absolute Gasteiger partial charge is 0.294 e. The number of ketones is 1. The second-order valence-corrected chi connectivity index (χ2v) is 3.35. The van der Waals surface area contributed by atoms with Crippen molar-refractivity contribution >= 4 is 17.4 Å². The summed E-state index contributed by atoms with van der Waals surface area (Å²) in [6.45, 7) is -0.0581. The summed E-state index contributed by atoms with van der Waals surface area (Å²) in [4.78, 5) is 22.9. The minimum atomic E-state index is -1.39. The number of nitrogens with zero attached hydrogens (tertiary/aromatic N) is 1. The highest BCUT2D eigenvalue weighted by molar-refractivity contribution is 6.43. The molecule has 1 fully saturated rings. The number of halogens is 3. The largest absolute Gasteiger partial charge is 0.302 e. The van der Waals surface area contributed by atoms with Gasteiger partial charge in [0.1, 0.15) is 5.82 Å². The Labute approximate surface area is 88.5 Å². The molecule has 0 N–H and O–H groups in total. The molecular formula is C10H6F3NO2. The molecule has 1 heterocycles. The van der Waals surface area contributed by atoms with E-state index in [1.807, 2.05) is 0 Å². The molecule has 1 amide bonds. The zero-order valence-electron chi connectivity index (χ0n) is 7.97. The highest BCUT2D eigenvalue weighted by Gasteiger charge is 2.32. The molecule has 0 spiro atoms. The lowest BCUT2D eigenvalue weighted by atomic mass is 10.2. The van der Waals surface area contributed by atoms with Crippen LogP contribution in [0, 0.1) is 17.5 Å². The van der Waals surface area contributed by atoms with Gasteiger partial charge in [-0.1, -0.05) is 0 Å². The Morgan fingerprint density at radius 2 is 1.81 bits per heavy atom. The molecule has 16 heavy (non-hydrogen) atoms. The molecule has 0 unspecified atom stereocenters. The summed E-state index contributed by atoms with van der Waals surface area (Å²) in [7, 11) is 0. The van der Waals surface area contributed by atoms with Crippen LogP contribution in [-0.2, 0) is 9.59 Å². The van der Waals surface area contributed by atoms with E-state index in [-0.39, 0.29) is 13.0 Å². The second-order valence-electron chi connectivity index (χ2n) is 3.35. The number of benzene rings is 1. The van der Waals surface area contributed by atoms with Crippen LogP contribution in [0.15, 0.2) is 12.1 Å². The fraction of sp³-hybridized carbons (Fsp3) is 0.200. The lowest BCUT2D eigenvalue weighted by Gasteiger charge is -2.15. The van der Waals surface area contributed by atoms with E-state index in [0.717, 1.165) is 4.90 Å². The molecule has 0 atom stereocenters. The predicted molar refractivity (Wildman–Crippen MR) is 48.3 cm³/mol. The third kappa shape index (κ3) is 1.56. The Balaban J connectivity index is 2.48. The topological polar surface area (TPSA) is 37.4 Å². The Hall–Kier alpha value is -1.85. The molecule has 0 bridgehead atoms. The van der Waals surface area contributed by atoms with Crippen LogP contribution in [0.4, 0.5) is 18.9 Å². The number of rotatable bonds is 1. The molecule has 0 radical (unpaired) electrons. The zero-order valence-corrected chi connectivity index (χ0v) is 7.97. The van der Waals surface area contributed by atoms with Gasteiger partial charge in [0.25, 0.3) is 5.91 Å². The van der Waals surface area contributed by atoms with Gasteiger partial charge in [-0.25, -0.2) is 13.2 Å². The number of carbonyl (C=O) groups excluding carboxylic acids is 2. The maximum absolute atomic E-state index is 13.3. The monoisotopic (exact) mass is 229 g/mol. The van der Waals surface area contributed by atoms with E-state index in [9.17, 15) is 22.8 Å². The molecule has 3 nitrogen and oxygen atoms in total. The average molecular weight is 229 g/mol. The van der Waals surface area contributed by atoms with Gasteiger partial charge in [0.15, 0.2) is 11.6 Å². The molecule has 1 aliphatic rings. The molecule has 84 valence electrons. The van der Waals surface area contributed by atoms with Crippen LogP contribution >= 0.6 is 0 Å². The van der Waals surface area contributed by atoms with Crippen LogP contribution in [0.25, 0.3) is 0 Å². The number of amides is 1. The lowest BCUT2D eigenvalue weighted by Crippen LogP contribution is -2.28. The van der Waals surface area contributed by atoms with Crippen molar-refractivity contribution in [2.45, 2.75) is 6.42 Å². The first-order valence-electron chi connectivity index (χ1n) is 4.50. The molecule has 0 aromatic heterocycles. The van der Waals surface area contributed by atoms with Crippen molar-refractivity contribution in [1.29, 1.82) is 0 Å².